The summed E-state index contributed by atoms with van der Waals surface area (Å²) in [7, 11) is 0. The van der Waals surface area contributed by atoms with Gasteiger partial charge in [-0.25, -0.2) is 0 Å². The van der Waals surface area contributed by atoms with Gasteiger partial charge in [0.05, 0.1) is 18.2 Å². The summed E-state index contributed by atoms with van der Waals surface area (Å²) in [5.74, 6) is 0.738. The molecule has 0 unspecified atom stereocenters. The molecule has 1 aromatic rings. The first-order chi connectivity index (χ1) is 8.34. The minimum absolute atomic E-state index is 0.630. The summed E-state index contributed by atoms with van der Waals surface area (Å²) in [6.07, 6.45) is 0.872. The number of likely N-dealkylation sites (N-methyl/N-ethyl adjacent to an activating group) is 1. The average Bonchev–Trinajstić information content (AvgIpc) is 2.35. The minimum Gasteiger partial charge on any atom is -0.492 e. The van der Waals surface area contributed by atoms with E-state index in [4.69, 9.17) is 21.1 Å². The highest BCUT2D eigenvalue weighted by atomic mass is 35.5. The molecule has 0 bridgehead atoms. The Morgan fingerprint density at radius 1 is 1.18 bits per heavy atom. The van der Waals surface area contributed by atoms with E-state index in [0.29, 0.717) is 11.6 Å². The van der Waals surface area contributed by atoms with E-state index in [2.05, 4.69) is 12.2 Å². The van der Waals surface area contributed by atoms with Crippen molar-refractivity contribution in [2.45, 2.75) is 13.3 Å². The van der Waals surface area contributed by atoms with Crippen LogP contribution in [0, 0.1) is 0 Å². The van der Waals surface area contributed by atoms with Crippen LogP contribution in [0.4, 0.5) is 0 Å². The number of benzene rings is 1. The van der Waals surface area contributed by atoms with E-state index in [0.717, 1.165) is 38.5 Å². The van der Waals surface area contributed by atoms with Gasteiger partial charge in [-0.15, -0.1) is 0 Å². The summed E-state index contributed by atoms with van der Waals surface area (Å²) in [4.78, 5) is 0. The summed E-state index contributed by atoms with van der Waals surface area (Å²) in [5.41, 5.74) is 0. The van der Waals surface area contributed by atoms with Crippen LogP contribution < -0.4 is 10.1 Å². The lowest BCUT2D eigenvalue weighted by molar-refractivity contribution is 0.121. The number of rotatable bonds is 9. The molecular weight excluding hydrogens is 238 g/mol. The Balaban J connectivity index is 1.99. The molecule has 0 fully saturated rings. The molecule has 1 aromatic carbocycles. The van der Waals surface area contributed by atoms with Crippen LogP contribution in [0.3, 0.4) is 0 Å². The molecule has 0 atom stereocenters. The number of hydrogen-bond donors (Lipinski definition) is 1. The maximum absolute atomic E-state index is 5.96. The van der Waals surface area contributed by atoms with Gasteiger partial charge in [0, 0.05) is 19.6 Å². The van der Waals surface area contributed by atoms with Gasteiger partial charge < -0.3 is 14.8 Å². The zero-order valence-corrected chi connectivity index (χ0v) is 11.0. The maximum Gasteiger partial charge on any atom is 0.137 e. The van der Waals surface area contributed by atoms with Crippen molar-refractivity contribution in [2.75, 3.05) is 32.9 Å². The molecule has 0 saturated heterocycles. The van der Waals surface area contributed by atoms with Gasteiger partial charge in [0.1, 0.15) is 5.75 Å². The van der Waals surface area contributed by atoms with E-state index in [-0.39, 0.29) is 0 Å². The third kappa shape index (κ3) is 6.51. The third-order valence-electron chi connectivity index (χ3n) is 2.20. The molecule has 0 aliphatic rings. The van der Waals surface area contributed by atoms with Crippen LogP contribution >= 0.6 is 11.6 Å². The van der Waals surface area contributed by atoms with Crippen molar-refractivity contribution in [2.24, 2.45) is 0 Å². The summed E-state index contributed by atoms with van der Waals surface area (Å²) in [5, 5.41) is 3.85. The van der Waals surface area contributed by atoms with Crippen molar-refractivity contribution in [3.8, 4) is 5.75 Å². The van der Waals surface area contributed by atoms with Gasteiger partial charge in [-0.2, -0.15) is 0 Å². The highest BCUT2D eigenvalue weighted by Gasteiger charge is 1.98. The Kier molecular flexibility index (Phi) is 7.80. The first kappa shape index (κ1) is 14.3. The number of halogens is 1. The molecule has 0 amide bonds. The fourth-order valence-electron chi connectivity index (χ4n) is 1.33. The summed E-state index contributed by atoms with van der Waals surface area (Å²) in [6, 6.07) is 7.49. The van der Waals surface area contributed by atoms with Crippen molar-refractivity contribution < 1.29 is 9.47 Å². The van der Waals surface area contributed by atoms with E-state index in [1.165, 1.54) is 0 Å². The van der Waals surface area contributed by atoms with Crippen molar-refractivity contribution in [1.82, 2.24) is 5.32 Å². The monoisotopic (exact) mass is 257 g/mol. The molecule has 0 heterocycles. The highest BCUT2D eigenvalue weighted by molar-refractivity contribution is 6.32. The molecule has 0 aliphatic heterocycles. The zero-order valence-electron chi connectivity index (χ0n) is 10.2. The molecule has 1 rings (SSSR count). The van der Waals surface area contributed by atoms with Gasteiger partial charge in [-0.1, -0.05) is 30.7 Å². The smallest absolute Gasteiger partial charge is 0.137 e. The van der Waals surface area contributed by atoms with Crippen molar-refractivity contribution in [3.63, 3.8) is 0 Å². The Hall–Kier alpha value is -0.770. The Morgan fingerprint density at radius 2 is 2.00 bits per heavy atom. The summed E-state index contributed by atoms with van der Waals surface area (Å²) in [6.45, 7) is 6.07. The fraction of sp³-hybridized carbons (Fsp3) is 0.538. The SMILES string of the molecule is CCNCCOCCCOc1ccccc1Cl. The lowest BCUT2D eigenvalue weighted by Crippen LogP contribution is -2.19. The molecule has 0 saturated carbocycles. The average molecular weight is 258 g/mol. The molecule has 96 valence electrons. The quantitative estimate of drug-likeness (QED) is 0.690. The predicted molar refractivity (Wildman–Crippen MR) is 70.9 cm³/mol. The Bertz CT molecular complexity index is 307. The first-order valence-electron chi connectivity index (χ1n) is 6.00. The van der Waals surface area contributed by atoms with Crippen LogP contribution in [-0.4, -0.2) is 32.9 Å². The van der Waals surface area contributed by atoms with Crippen LogP contribution in [0.2, 0.25) is 5.02 Å². The van der Waals surface area contributed by atoms with Crippen LogP contribution in [0.15, 0.2) is 24.3 Å². The second kappa shape index (κ2) is 9.28. The van der Waals surface area contributed by atoms with Gasteiger partial charge in [0.2, 0.25) is 0 Å². The molecule has 4 heteroatoms. The lowest BCUT2D eigenvalue weighted by atomic mass is 10.3. The summed E-state index contributed by atoms with van der Waals surface area (Å²) < 4.78 is 11.0. The molecule has 17 heavy (non-hydrogen) atoms. The van der Waals surface area contributed by atoms with E-state index in [9.17, 15) is 0 Å². The number of nitrogens with one attached hydrogen (secondary N) is 1. The molecule has 1 N–H and O–H groups in total. The van der Waals surface area contributed by atoms with E-state index in [1.807, 2.05) is 24.3 Å². The second-order valence-corrected chi connectivity index (χ2v) is 4.01. The molecule has 0 spiro atoms. The second-order valence-electron chi connectivity index (χ2n) is 3.60. The number of para-hydroxylation sites is 1. The largest absolute Gasteiger partial charge is 0.492 e. The van der Waals surface area contributed by atoms with E-state index >= 15 is 0 Å². The van der Waals surface area contributed by atoms with Crippen LogP contribution in [0.5, 0.6) is 5.75 Å². The van der Waals surface area contributed by atoms with Crippen LogP contribution in [0.1, 0.15) is 13.3 Å². The van der Waals surface area contributed by atoms with Gasteiger partial charge in [0.25, 0.3) is 0 Å². The standard InChI is InChI=1S/C13H20ClNO2/c1-2-15-8-11-16-9-5-10-17-13-7-4-3-6-12(13)14/h3-4,6-7,15H,2,5,8-11H2,1H3. The van der Waals surface area contributed by atoms with Gasteiger partial charge in [-0.05, 0) is 18.7 Å². The maximum atomic E-state index is 5.96. The lowest BCUT2D eigenvalue weighted by Gasteiger charge is -2.08. The molecular formula is C13H20ClNO2. The van der Waals surface area contributed by atoms with Gasteiger partial charge >= 0.3 is 0 Å². The number of hydrogen-bond acceptors (Lipinski definition) is 3. The molecule has 0 aromatic heterocycles. The van der Waals surface area contributed by atoms with E-state index in [1.54, 1.807) is 0 Å². The van der Waals surface area contributed by atoms with Crippen molar-refractivity contribution >= 4 is 11.6 Å². The molecule has 0 radical (unpaired) electrons. The molecule has 3 nitrogen and oxygen atoms in total. The van der Waals surface area contributed by atoms with Crippen molar-refractivity contribution in [1.29, 1.82) is 0 Å². The normalized spacial score (nSPS) is 10.5. The zero-order chi connectivity index (χ0) is 12.3. The summed E-state index contributed by atoms with van der Waals surface area (Å²) >= 11 is 5.96. The Labute approximate surface area is 108 Å². The first-order valence-corrected chi connectivity index (χ1v) is 6.38. The molecule has 0 aliphatic carbocycles. The van der Waals surface area contributed by atoms with Gasteiger partial charge in [-0.3, -0.25) is 0 Å². The fourth-order valence-corrected chi connectivity index (χ4v) is 1.52. The predicted octanol–water partition coefficient (Wildman–Crippen LogP) is 2.74. The minimum atomic E-state index is 0.630. The van der Waals surface area contributed by atoms with Gasteiger partial charge in [0.15, 0.2) is 0 Å². The number of ether oxygens (including phenoxy) is 2. The van der Waals surface area contributed by atoms with Crippen molar-refractivity contribution in [3.05, 3.63) is 29.3 Å². The van der Waals surface area contributed by atoms with Crippen LogP contribution in [0.25, 0.3) is 0 Å². The van der Waals surface area contributed by atoms with E-state index < -0.39 is 0 Å². The highest BCUT2D eigenvalue weighted by Crippen LogP contribution is 2.22. The topological polar surface area (TPSA) is 30.5 Å². The third-order valence-corrected chi connectivity index (χ3v) is 2.51. The Morgan fingerprint density at radius 3 is 2.76 bits per heavy atom. The van der Waals surface area contributed by atoms with Crippen LogP contribution in [-0.2, 0) is 4.74 Å².